The number of hydrogen-bond donors (Lipinski definition) is 1. The van der Waals surface area contributed by atoms with Crippen molar-refractivity contribution in [2.75, 3.05) is 0 Å². The van der Waals surface area contributed by atoms with Crippen molar-refractivity contribution in [1.29, 1.82) is 0 Å². The van der Waals surface area contributed by atoms with Gasteiger partial charge in [0.15, 0.2) is 0 Å². The van der Waals surface area contributed by atoms with E-state index in [-0.39, 0.29) is 5.82 Å². The third kappa shape index (κ3) is 2.32. The van der Waals surface area contributed by atoms with Gasteiger partial charge in [-0.05, 0) is 23.6 Å². The summed E-state index contributed by atoms with van der Waals surface area (Å²) in [7, 11) is 0. The topological polar surface area (TPSA) is 38.9 Å². The van der Waals surface area contributed by atoms with Crippen LogP contribution in [0.4, 0.5) is 4.39 Å². The number of benzene rings is 1. The maximum Gasteiger partial charge on any atom is 0.132 e. The largest absolute Gasteiger partial charge is 0.325 e. The van der Waals surface area contributed by atoms with Gasteiger partial charge < -0.3 is 5.73 Å². The summed E-state index contributed by atoms with van der Waals surface area (Å²) in [6, 6.07) is 10.7. The van der Waals surface area contributed by atoms with Crippen LogP contribution in [0.15, 0.2) is 41.8 Å². The minimum absolute atomic E-state index is 0.255. The third-order valence-corrected chi connectivity index (χ3v) is 4.85. The SMILES string of the molecule is NCc1nc(-c2ccccc2F)c(-c2cccs2)s1. The van der Waals surface area contributed by atoms with E-state index in [0.717, 1.165) is 14.8 Å². The number of nitrogens with zero attached hydrogens (tertiary/aromatic N) is 1. The van der Waals surface area contributed by atoms with Gasteiger partial charge in [0.05, 0.1) is 10.6 Å². The monoisotopic (exact) mass is 290 g/mol. The molecule has 0 amide bonds. The van der Waals surface area contributed by atoms with Gasteiger partial charge in [0, 0.05) is 17.0 Å². The van der Waals surface area contributed by atoms with E-state index in [2.05, 4.69) is 4.98 Å². The van der Waals surface area contributed by atoms with Gasteiger partial charge in [-0.2, -0.15) is 0 Å². The molecule has 0 saturated carbocycles. The average Bonchev–Trinajstić information content (AvgIpc) is 3.08. The summed E-state index contributed by atoms with van der Waals surface area (Å²) in [6.45, 7) is 0.373. The first-order chi connectivity index (χ1) is 9.29. The van der Waals surface area contributed by atoms with Crippen LogP contribution in [0.3, 0.4) is 0 Å². The van der Waals surface area contributed by atoms with Gasteiger partial charge in [0.2, 0.25) is 0 Å². The Kier molecular flexibility index (Phi) is 3.42. The Morgan fingerprint density at radius 1 is 1.16 bits per heavy atom. The van der Waals surface area contributed by atoms with Crippen molar-refractivity contribution in [3.05, 3.63) is 52.6 Å². The van der Waals surface area contributed by atoms with Crippen LogP contribution >= 0.6 is 22.7 Å². The molecular formula is C14H11FN2S2. The minimum Gasteiger partial charge on any atom is -0.325 e. The van der Waals surface area contributed by atoms with E-state index >= 15 is 0 Å². The standard InChI is InChI=1S/C14H11FN2S2/c15-10-5-2-1-4-9(10)13-14(11-6-3-7-18-11)19-12(8-16)17-13/h1-7H,8,16H2. The Bertz CT molecular complexity index is 689. The lowest BCUT2D eigenvalue weighted by Gasteiger charge is -2.01. The molecule has 96 valence electrons. The number of nitrogens with two attached hydrogens (primary N) is 1. The van der Waals surface area contributed by atoms with E-state index in [9.17, 15) is 4.39 Å². The van der Waals surface area contributed by atoms with Crippen molar-refractivity contribution in [2.24, 2.45) is 5.73 Å². The fraction of sp³-hybridized carbons (Fsp3) is 0.0714. The Morgan fingerprint density at radius 3 is 2.68 bits per heavy atom. The van der Waals surface area contributed by atoms with E-state index in [4.69, 9.17) is 5.73 Å². The highest BCUT2D eigenvalue weighted by Gasteiger charge is 2.17. The highest BCUT2D eigenvalue weighted by atomic mass is 32.1. The maximum atomic E-state index is 13.9. The molecular weight excluding hydrogens is 279 g/mol. The van der Waals surface area contributed by atoms with E-state index < -0.39 is 0 Å². The molecule has 0 aliphatic heterocycles. The zero-order valence-corrected chi connectivity index (χ0v) is 11.6. The second kappa shape index (κ2) is 5.21. The van der Waals surface area contributed by atoms with Crippen LogP contribution in [0.1, 0.15) is 5.01 Å². The summed E-state index contributed by atoms with van der Waals surface area (Å²) >= 11 is 3.15. The number of thiazole rings is 1. The molecule has 2 aromatic heterocycles. The maximum absolute atomic E-state index is 13.9. The summed E-state index contributed by atoms with van der Waals surface area (Å²) in [4.78, 5) is 6.56. The number of thiophene rings is 1. The zero-order chi connectivity index (χ0) is 13.2. The van der Waals surface area contributed by atoms with Crippen molar-refractivity contribution < 1.29 is 4.39 Å². The molecule has 0 saturated heterocycles. The molecule has 0 bridgehead atoms. The van der Waals surface area contributed by atoms with Gasteiger partial charge in [-0.1, -0.05) is 18.2 Å². The number of hydrogen-bond acceptors (Lipinski definition) is 4. The van der Waals surface area contributed by atoms with Gasteiger partial charge in [-0.15, -0.1) is 22.7 Å². The molecule has 1 aromatic carbocycles. The highest BCUT2D eigenvalue weighted by Crippen LogP contribution is 2.39. The van der Waals surface area contributed by atoms with Gasteiger partial charge in [-0.3, -0.25) is 0 Å². The van der Waals surface area contributed by atoms with E-state index in [1.54, 1.807) is 23.5 Å². The van der Waals surface area contributed by atoms with Crippen LogP contribution < -0.4 is 5.73 Å². The minimum atomic E-state index is -0.255. The zero-order valence-electron chi connectivity index (χ0n) is 9.97. The molecule has 2 heterocycles. The molecule has 0 radical (unpaired) electrons. The lowest BCUT2D eigenvalue weighted by molar-refractivity contribution is 0.631. The van der Waals surface area contributed by atoms with E-state index in [1.165, 1.54) is 17.4 Å². The molecule has 5 heteroatoms. The predicted molar refractivity (Wildman–Crippen MR) is 78.7 cm³/mol. The molecule has 0 aliphatic rings. The molecule has 19 heavy (non-hydrogen) atoms. The van der Waals surface area contributed by atoms with Crippen molar-refractivity contribution in [3.63, 3.8) is 0 Å². The van der Waals surface area contributed by atoms with Gasteiger partial charge in [-0.25, -0.2) is 9.37 Å². The molecule has 2 nitrogen and oxygen atoms in total. The van der Waals surface area contributed by atoms with Crippen molar-refractivity contribution in [3.8, 4) is 21.0 Å². The van der Waals surface area contributed by atoms with Crippen LogP contribution in [-0.2, 0) is 6.54 Å². The summed E-state index contributed by atoms with van der Waals surface area (Å²) in [5.41, 5.74) is 6.87. The summed E-state index contributed by atoms with van der Waals surface area (Å²) < 4.78 is 13.9. The number of halogens is 1. The molecule has 0 spiro atoms. The van der Waals surface area contributed by atoms with Gasteiger partial charge in [0.25, 0.3) is 0 Å². The van der Waals surface area contributed by atoms with Crippen LogP contribution in [0.25, 0.3) is 21.0 Å². The molecule has 2 N–H and O–H groups in total. The Hall–Kier alpha value is -1.56. The van der Waals surface area contributed by atoms with Gasteiger partial charge in [0.1, 0.15) is 10.8 Å². The highest BCUT2D eigenvalue weighted by molar-refractivity contribution is 7.21. The first-order valence-electron chi connectivity index (χ1n) is 5.78. The molecule has 0 atom stereocenters. The molecule has 0 unspecified atom stereocenters. The first kappa shape index (κ1) is 12.5. The van der Waals surface area contributed by atoms with Gasteiger partial charge >= 0.3 is 0 Å². The van der Waals surface area contributed by atoms with E-state index in [0.29, 0.717) is 17.8 Å². The van der Waals surface area contributed by atoms with Crippen molar-refractivity contribution in [2.45, 2.75) is 6.54 Å². The quantitative estimate of drug-likeness (QED) is 0.787. The Labute approximate surface area is 118 Å². The van der Waals surface area contributed by atoms with E-state index in [1.807, 2.05) is 23.6 Å². The molecule has 3 aromatic rings. The Balaban J connectivity index is 2.21. The molecule has 0 fully saturated rings. The van der Waals surface area contributed by atoms with Crippen molar-refractivity contribution in [1.82, 2.24) is 4.98 Å². The fourth-order valence-electron chi connectivity index (χ4n) is 1.86. The average molecular weight is 290 g/mol. The lowest BCUT2D eigenvalue weighted by atomic mass is 10.1. The number of aromatic nitrogens is 1. The molecule has 0 aliphatic carbocycles. The normalized spacial score (nSPS) is 10.8. The summed E-state index contributed by atoms with van der Waals surface area (Å²) in [5.74, 6) is -0.255. The first-order valence-corrected chi connectivity index (χ1v) is 7.47. The summed E-state index contributed by atoms with van der Waals surface area (Å²) in [5, 5.41) is 2.82. The smallest absolute Gasteiger partial charge is 0.132 e. The lowest BCUT2D eigenvalue weighted by Crippen LogP contribution is -1.95. The third-order valence-electron chi connectivity index (χ3n) is 2.72. The second-order valence-electron chi connectivity index (χ2n) is 3.95. The van der Waals surface area contributed by atoms with Crippen LogP contribution in [0.2, 0.25) is 0 Å². The number of rotatable bonds is 3. The second-order valence-corrected chi connectivity index (χ2v) is 5.98. The predicted octanol–water partition coefficient (Wildman–Crippen LogP) is 4.14. The molecule has 3 rings (SSSR count). The summed E-state index contributed by atoms with van der Waals surface area (Å²) in [6.07, 6.45) is 0. The van der Waals surface area contributed by atoms with Crippen molar-refractivity contribution >= 4 is 22.7 Å². The van der Waals surface area contributed by atoms with Crippen LogP contribution in [0.5, 0.6) is 0 Å². The Morgan fingerprint density at radius 2 is 2.00 bits per heavy atom. The van der Waals surface area contributed by atoms with Crippen LogP contribution in [-0.4, -0.2) is 4.98 Å². The van der Waals surface area contributed by atoms with Crippen LogP contribution in [0, 0.1) is 5.82 Å². The fourth-order valence-corrected chi connectivity index (χ4v) is 3.67.